The summed E-state index contributed by atoms with van der Waals surface area (Å²) in [5, 5.41) is 10.8. The SMILES string of the molecule is CCCCC(c1cccc2c1CC(Cc1cncc(C(=N)N)n1)C(=O)N2)N1C(C)CCCC1C. The summed E-state index contributed by atoms with van der Waals surface area (Å²) in [5.74, 6) is -0.323. The van der Waals surface area contributed by atoms with Crippen molar-refractivity contribution in [1.82, 2.24) is 14.9 Å². The van der Waals surface area contributed by atoms with E-state index in [2.05, 4.69) is 53.1 Å². The van der Waals surface area contributed by atoms with Crippen LogP contribution in [0.4, 0.5) is 5.69 Å². The van der Waals surface area contributed by atoms with E-state index in [-0.39, 0.29) is 17.7 Å². The molecule has 0 saturated carbocycles. The number of nitrogens with zero attached hydrogens (tertiary/aromatic N) is 3. The third-order valence-electron chi connectivity index (χ3n) is 7.52. The molecule has 2 aliphatic rings. The number of nitrogens with two attached hydrogens (primary N) is 1. The highest BCUT2D eigenvalue weighted by Crippen LogP contribution is 2.40. The molecule has 1 aromatic heterocycles. The van der Waals surface area contributed by atoms with Gasteiger partial charge in [-0.3, -0.25) is 20.1 Å². The maximum atomic E-state index is 13.0. The lowest BCUT2D eigenvalue weighted by molar-refractivity contribution is -0.120. The molecular formula is C27H38N6O. The molecule has 0 spiro atoms. The third-order valence-corrected chi connectivity index (χ3v) is 7.52. The number of piperidine rings is 1. The third kappa shape index (κ3) is 5.14. The van der Waals surface area contributed by atoms with Crippen molar-refractivity contribution < 1.29 is 4.79 Å². The minimum absolute atomic E-state index is 0.0181. The molecule has 34 heavy (non-hydrogen) atoms. The molecule has 4 N–H and O–H groups in total. The Balaban J connectivity index is 1.65. The number of likely N-dealkylation sites (tertiary alicyclic amines) is 1. The van der Waals surface area contributed by atoms with Gasteiger partial charge in [0.15, 0.2) is 0 Å². The number of unbranched alkanes of at least 4 members (excludes halogenated alkanes) is 1. The number of carbonyl (C=O) groups is 1. The second kappa shape index (κ2) is 10.6. The van der Waals surface area contributed by atoms with E-state index in [1.807, 2.05) is 6.07 Å². The fourth-order valence-electron chi connectivity index (χ4n) is 5.81. The van der Waals surface area contributed by atoms with E-state index < -0.39 is 0 Å². The van der Waals surface area contributed by atoms with Gasteiger partial charge in [-0.25, -0.2) is 4.98 Å². The average molecular weight is 463 g/mol. The number of anilines is 1. The molecule has 4 atom stereocenters. The molecule has 7 nitrogen and oxygen atoms in total. The van der Waals surface area contributed by atoms with Crippen LogP contribution in [0.1, 0.15) is 87.9 Å². The van der Waals surface area contributed by atoms with Gasteiger partial charge in [-0.1, -0.05) is 38.3 Å². The molecule has 1 amide bonds. The molecule has 1 saturated heterocycles. The Labute approximate surface area is 203 Å². The summed E-state index contributed by atoms with van der Waals surface area (Å²) >= 11 is 0. The Bertz CT molecular complexity index is 1030. The standard InChI is InChI=1S/C27H38N6O/c1-4-5-12-25(33-17(2)8-6-9-18(33)3)21-10-7-11-23-22(21)14-19(27(34)32-23)13-20-15-30-16-24(31-20)26(28)29/h7,10-11,15-19,25H,4-6,8-9,12-14H2,1-3H3,(H3,28,29)(H,32,34). The van der Waals surface area contributed by atoms with Crippen molar-refractivity contribution in [2.45, 2.75) is 90.3 Å². The highest BCUT2D eigenvalue weighted by Gasteiger charge is 2.35. The Kier molecular flexibility index (Phi) is 7.61. The van der Waals surface area contributed by atoms with E-state index in [1.54, 1.807) is 6.20 Å². The molecule has 3 heterocycles. The summed E-state index contributed by atoms with van der Waals surface area (Å²) in [4.78, 5) is 24.4. The van der Waals surface area contributed by atoms with E-state index in [0.29, 0.717) is 42.4 Å². The molecule has 4 rings (SSSR count). The Morgan fingerprint density at radius 2 is 2.03 bits per heavy atom. The molecule has 2 aromatic rings. The van der Waals surface area contributed by atoms with Crippen LogP contribution in [-0.2, 0) is 17.6 Å². The zero-order valence-corrected chi connectivity index (χ0v) is 20.7. The number of hydrogen-bond acceptors (Lipinski definition) is 5. The van der Waals surface area contributed by atoms with Gasteiger partial charge in [0.25, 0.3) is 0 Å². The molecule has 0 aliphatic carbocycles. The maximum Gasteiger partial charge on any atom is 0.228 e. The number of amides is 1. The molecule has 4 unspecified atom stereocenters. The van der Waals surface area contributed by atoms with Crippen LogP contribution in [0.25, 0.3) is 0 Å². The van der Waals surface area contributed by atoms with Crippen LogP contribution in [0.2, 0.25) is 0 Å². The van der Waals surface area contributed by atoms with Crippen LogP contribution in [0.15, 0.2) is 30.6 Å². The number of benzene rings is 1. The summed E-state index contributed by atoms with van der Waals surface area (Å²) in [7, 11) is 0. The second-order valence-corrected chi connectivity index (χ2v) is 10.0. The van der Waals surface area contributed by atoms with E-state index in [0.717, 1.165) is 12.1 Å². The van der Waals surface area contributed by atoms with Gasteiger partial charge in [0.1, 0.15) is 11.5 Å². The van der Waals surface area contributed by atoms with E-state index >= 15 is 0 Å². The number of amidine groups is 1. The van der Waals surface area contributed by atoms with Crippen LogP contribution in [0, 0.1) is 11.3 Å². The molecular weight excluding hydrogens is 424 g/mol. The van der Waals surface area contributed by atoms with Gasteiger partial charge in [-0.05, 0) is 56.7 Å². The summed E-state index contributed by atoms with van der Waals surface area (Å²) in [6.45, 7) is 7.00. The molecule has 0 radical (unpaired) electrons. The van der Waals surface area contributed by atoms with Gasteiger partial charge in [-0.15, -0.1) is 0 Å². The van der Waals surface area contributed by atoms with E-state index in [9.17, 15) is 4.79 Å². The fraction of sp³-hybridized carbons (Fsp3) is 0.556. The topological polar surface area (TPSA) is 108 Å². The van der Waals surface area contributed by atoms with E-state index in [1.165, 1.54) is 49.4 Å². The first-order chi connectivity index (χ1) is 16.4. The minimum atomic E-state index is -0.229. The first-order valence-electron chi connectivity index (χ1n) is 12.7. The van der Waals surface area contributed by atoms with Crippen molar-refractivity contribution in [2.24, 2.45) is 11.7 Å². The first kappa shape index (κ1) is 24.3. The molecule has 2 aliphatic heterocycles. The molecule has 0 bridgehead atoms. The van der Waals surface area contributed by atoms with Crippen molar-refractivity contribution in [3.63, 3.8) is 0 Å². The van der Waals surface area contributed by atoms with Gasteiger partial charge < -0.3 is 11.1 Å². The maximum absolute atomic E-state index is 13.0. The number of nitrogens with one attached hydrogen (secondary N) is 2. The molecule has 182 valence electrons. The number of carbonyl (C=O) groups excluding carboxylic acids is 1. The molecule has 1 aromatic carbocycles. The van der Waals surface area contributed by atoms with Gasteiger partial charge in [0.2, 0.25) is 5.91 Å². The lowest BCUT2D eigenvalue weighted by Gasteiger charge is -2.45. The number of aromatic nitrogens is 2. The summed E-state index contributed by atoms with van der Waals surface area (Å²) in [6.07, 6.45) is 11.6. The Morgan fingerprint density at radius 3 is 2.74 bits per heavy atom. The number of rotatable bonds is 8. The van der Waals surface area contributed by atoms with Crippen LogP contribution in [-0.4, -0.2) is 38.7 Å². The number of nitrogen functional groups attached to an aromatic ring is 1. The summed E-state index contributed by atoms with van der Waals surface area (Å²) in [5.41, 5.74) is 10.2. The normalized spacial score (nSPS) is 23.7. The number of hydrogen-bond donors (Lipinski definition) is 3. The second-order valence-electron chi connectivity index (χ2n) is 10.0. The quantitative estimate of drug-likeness (QED) is 0.392. The smallest absolute Gasteiger partial charge is 0.228 e. The van der Waals surface area contributed by atoms with Crippen molar-refractivity contribution >= 4 is 17.4 Å². The van der Waals surface area contributed by atoms with Gasteiger partial charge in [0, 0.05) is 42.3 Å². The number of fused-ring (bicyclic) bond motifs is 1. The van der Waals surface area contributed by atoms with E-state index in [4.69, 9.17) is 11.1 Å². The fourth-order valence-corrected chi connectivity index (χ4v) is 5.81. The first-order valence-corrected chi connectivity index (χ1v) is 12.7. The van der Waals surface area contributed by atoms with Crippen molar-refractivity contribution in [3.05, 3.63) is 53.1 Å². The highest BCUT2D eigenvalue weighted by atomic mass is 16.1. The predicted molar refractivity (Wildman–Crippen MR) is 136 cm³/mol. The van der Waals surface area contributed by atoms with Gasteiger partial charge in [0.05, 0.1) is 11.9 Å². The lowest BCUT2D eigenvalue weighted by atomic mass is 9.82. The van der Waals surface area contributed by atoms with Crippen molar-refractivity contribution in [3.8, 4) is 0 Å². The highest BCUT2D eigenvalue weighted by molar-refractivity contribution is 5.96. The lowest BCUT2D eigenvalue weighted by Crippen LogP contribution is -2.46. The zero-order valence-electron chi connectivity index (χ0n) is 20.7. The average Bonchev–Trinajstić information content (AvgIpc) is 2.81. The largest absolute Gasteiger partial charge is 0.382 e. The van der Waals surface area contributed by atoms with Crippen LogP contribution in [0.5, 0.6) is 0 Å². The van der Waals surface area contributed by atoms with Crippen molar-refractivity contribution in [1.29, 1.82) is 5.41 Å². The van der Waals surface area contributed by atoms with Gasteiger partial charge >= 0.3 is 0 Å². The summed E-state index contributed by atoms with van der Waals surface area (Å²) < 4.78 is 0. The Morgan fingerprint density at radius 1 is 1.26 bits per heavy atom. The van der Waals surface area contributed by atoms with Crippen LogP contribution >= 0.6 is 0 Å². The molecule has 1 fully saturated rings. The minimum Gasteiger partial charge on any atom is -0.382 e. The Hall–Kier alpha value is -2.80. The zero-order chi connectivity index (χ0) is 24.2. The van der Waals surface area contributed by atoms with Gasteiger partial charge in [-0.2, -0.15) is 0 Å². The van der Waals surface area contributed by atoms with Crippen LogP contribution < -0.4 is 11.1 Å². The summed E-state index contributed by atoms with van der Waals surface area (Å²) in [6, 6.07) is 7.87. The monoisotopic (exact) mass is 462 g/mol. The van der Waals surface area contributed by atoms with Crippen LogP contribution in [0.3, 0.4) is 0 Å². The van der Waals surface area contributed by atoms with Crippen molar-refractivity contribution in [2.75, 3.05) is 5.32 Å². The predicted octanol–water partition coefficient (Wildman–Crippen LogP) is 4.61. The molecule has 7 heteroatoms.